The number of carbonyl (C=O) groups excluding carboxylic acids is 2. The van der Waals surface area contributed by atoms with Gasteiger partial charge in [-0.25, -0.2) is 14.2 Å². The highest BCUT2D eigenvalue weighted by Crippen LogP contribution is 2.30. The van der Waals surface area contributed by atoms with Crippen LogP contribution < -0.4 is 4.90 Å². The van der Waals surface area contributed by atoms with Crippen LogP contribution in [0, 0.1) is 5.82 Å². The molecule has 4 aromatic rings. The Kier molecular flexibility index (Phi) is 5.80. The lowest BCUT2D eigenvalue weighted by Crippen LogP contribution is -2.23. The summed E-state index contributed by atoms with van der Waals surface area (Å²) in [6.45, 7) is 1.19. The van der Waals surface area contributed by atoms with Gasteiger partial charge in [0.2, 0.25) is 5.91 Å². The van der Waals surface area contributed by atoms with Crippen molar-refractivity contribution in [1.29, 1.82) is 0 Å². The first-order valence-electron chi connectivity index (χ1n) is 9.17. The Morgan fingerprint density at radius 1 is 1.13 bits per heavy atom. The summed E-state index contributed by atoms with van der Waals surface area (Å²) in [6, 6.07) is 15.1. The van der Waals surface area contributed by atoms with Crippen molar-refractivity contribution in [2.45, 2.75) is 13.5 Å². The molecule has 4 rings (SSSR count). The second-order valence-electron chi connectivity index (χ2n) is 6.36. The molecule has 31 heavy (non-hydrogen) atoms. The standard InChI is InChI=1S/C21H16FN5O3S/c1-14(28)26(19-10-6-5-9-17(19)22)21-24-15(13-31-21)12-30-20(29)18-11-23-27(25-18)16-7-3-2-4-8-16/h2-11,13H,12H2,1H3. The van der Waals surface area contributed by atoms with Crippen LogP contribution in [0.5, 0.6) is 0 Å². The number of nitrogens with zero attached hydrogens (tertiary/aromatic N) is 5. The second-order valence-corrected chi connectivity index (χ2v) is 7.19. The van der Waals surface area contributed by atoms with Crippen molar-refractivity contribution < 1.29 is 18.7 Å². The zero-order chi connectivity index (χ0) is 21.8. The normalized spacial score (nSPS) is 10.6. The molecule has 0 aliphatic heterocycles. The summed E-state index contributed by atoms with van der Waals surface area (Å²) < 4.78 is 19.4. The molecule has 1 amide bonds. The SMILES string of the molecule is CC(=O)N(c1nc(COC(=O)c2cnn(-c3ccccc3)n2)cs1)c1ccccc1F. The summed E-state index contributed by atoms with van der Waals surface area (Å²) in [5.74, 6) is -1.59. The molecule has 0 aliphatic rings. The maximum Gasteiger partial charge on any atom is 0.360 e. The van der Waals surface area contributed by atoms with E-state index in [-0.39, 0.29) is 29.0 Å². The molecule has 0 N–H and O–H groups in total. The quantitative estimate of drug-likeness (QED) is 0.425. The van der Waals surface area contributed by atoms with Crippen LogP contribution in [0.15, 0.2) is 66.2 Å². The van der Waals surface area contributed by atoms with E-state index in [0.717, 1.165) is 11.3 Å². The van der Waals surface area contributed by atoms with Crippen LogP contribution in [0.2, 0.25) is 0 Å². The number of halogens is 1. The highest BCUT2D eigenvalue weighted by Gasteiger charge is 2.21. The van der Waals surface area contributed by atoms with Gasteiger partial charge in [-0.05, 0) is 24.3 Å². The van der Waals surface area contributed by atoms with Gasteiger partial charge >= 0.3 is 5.97 Å². The van der Waals surface area contributed by atoms with Crippen molar-refractivity contribution in [2.75, 3.05) is 4.90 Å². The molecule has 0 bridgehead atoms. The molecule has 2 heterocycles. The molecule has 0 unspecified atom stereocenters. The zero-order valence-electron chi connectivity index (χ0n) is 16.3. The lowest BCUT2D eigenvalue weighted by molar-refractivity contribution is -0.115. The fourth-order valence-corrected chi connectivity index (χ4v) is 3.63. The van der Waals surface area contributed by atoms with Gasteiger partial charge in [-0.2, -0.15) is 9.90 Å². The molecular formula is C21H16FN5O3S. The molecular weight excluding hydrogens is 421 g/mol. The van der Waals surface area contributed by atoms with Crippen molar-refractivity contribution in [3.05, 3.63) is 83.4 Å². The number of carbonyl (C=O) groups is 2. The van der Waals surface area contributed by atoms with Gasteiger partial charge in [-0.3, -0.25) is 9.69 Å². The Balaban J connectivity index is 1.44. The number of ether oxygens (including phenoxy) is 1. The van der Waals surface area contributed by atoms with Gasteiger partial charge in [-0.1, -0.05) is 30.3 Å². The predicted molar refractivity (Wildman–Crippen MR) is 112 cm³/mol. The summed E-state index contributed by atoms with van der Waals surface area (Å²) in [7, 11) is 0. The molecule has 0 aliphatic carbocycles. The lowest BCUT2D eigenvalue weighted by atomic mass is 10.3. The minimum absolute atomic E-state index is 0.0519. The third-order valence-electron chi connectivity index (χ3n) is 4.18. The van der Waals surface area contributed by atoms with E-state index in [1.54, 1.807) is 11.4 Å². The number of para-hydroxylation sites is 2. The van der Waals surface area contributed by atoms with Crippen LogP contribution in [0.1, 0.15) is 23.1 Å². The molecule has 0 atom stereocenters. The first-order chi connectivity index (χ1) is 15.0. The van der Waals surface area contributed by atoms with Gasteiger partial charge in [0, 0.05) is 12.3 Å². The van der Waals surface area contributed by atoms with Gasteiger partial charge in [0.05, 0.1) is 23.3 Å². The van der Waals surface area contributed by atoms with Crippen molar-refractivity contribution in [3.8, 4) is 5.69 Å². The largest absolute Gasteiger partial charge is 0.454 e. The van der Waals surface area contributed by atoms with Gasteiger partial charge in [0.1, 0.15) is 12.4 Å². The first-order valence-corrected chi connectivity index (χ1v) is 10.1. The predicted octanol–water partition coefficient (Wildman–Crippen LogP) is 3.90. The Labute approximate surface area is 180 Å². The van der Waals surface area contributed by atoms with Crippen LogP contribution in [0.3, 0.4) is 0 Å². The summed E-state index contributed by atoms with van der Waals surface area (Å²) in [4.78, 5) is 31.2. The Morgan fingerprint density at radius 2 is 1.87 bits per heavy atom. The Bertz CT molecular complexity index is 1220. The van der Waals surface area contributed by atoms with E-state index < -0.39 is 11.8 Å². The monoisotopic (exact) mass is 437 g/mol. The molecule has 10 heteroatoms. The summed E-state index contributed by atoms with van der Waals surface area (Å²) in [6.07, 6.45) is 1.32. The van der Waals surface area contributed by atoms with E-state index in [1.807, 2.05) is 30.3 Å². The lowest BCUT2D eigenvalue weighted by Gasteiger charge is -2.18. The number of hydrogen-bond acceptors (Lipinski definition) is 7. The van der Waals surface area contributed by atoms with Crippen molar-refractivity contribution in [2.24, 2.45) is 0 Å². The first kappa shape index (κ1) is 20.4. The van der Waals surface area contributed by atoms with E-state index in [0.29, 0.717) is 11.4 Å². The summed E-state index contributed by atoms with van der Waals surface area (Å²) >= 11 is 1.14. The highest BCUT2D eigenvalue weighted by molar-refractivity contribution is 7.14. The summed E-state index contributed by atoms with van der Waals surface area (Å²) in [5, 5.41) is 10.1. The fourth-order valence-electron chi connectivity index (χ4n) is 2.76. The van der Waals surface area contributed by atoms with Gasteiger partial charge < -0.3 is 4.74 Å². The molecule has 8 nitrogen and oxygen atoms in total. The maximum absolute atomic E-state index is 14.2. The van der Waals surface area contributed by atoms with E-state index in [1.165, 1.54) is 41.0 Å². The van der Waals surface area contributed by atoms with E-state index in [4.69, 9.17) is 4.74 Å². The average Bonchev–Trinajstić information content (AvgIpc) is 3.44. The van der Waals surface area contributed by atoms with Gasteiger partial charge in [0.25, 0.3) is 0 Å². The van der Waals surface area contributed by atoms with Crippen molar-refractivity contribution >= 4 is 34.0 Å². The van der Waals surface area contributed by atoms with Crippen LogP contribution in [-0.2, 0) is 16.1 Å². The summed E-state index contributed by atoms with van der Waals surface area (Å²) in [5.41, 5.74) is 1.29. The number of thiazole rings is 1. The Hall–Kier alpha value is -3.92. The van der Waals surface area contributed by atoms with Crippen LogP contribution in [-0.4, -0.2) is 31.9 Å². The third-order valence-corrected chi connectivity index (χ3v) is 5.05. The number of amides is 1. The van der Waals surface area contributed by atoms with Crippen LogP contribution in [0.25, 0.3) is 5.69 Å². The second kappa shape index (κ2) is 8.84. The molecule has 0 radical (unpaired) electrons. The highest BCUT2D eigenvalue weighted by atomic mass is 32.1. The minimum Gasteiger partial charge on any atom is -0.454 e. The van der Waals surface area contributed by atoms with Crippen molar-refractivity contribution in [1.82, 2.24) is 20.0 Å². The minimum atomic E-state index is -0.658. The van der Waals surface area contributed by atoms with Gasteiger partial charge in [0.15, 0.2) is 10.8 Å². The Morgan fingerprint density at radius 3 is 2.61 bits per heavy atom. The number of anilines is 2. The fraction of sp³-hybridized carbons (Fsp3) is 0.0952. The smallest absolute Gasteiger partial charge is 0.360 e. The zero-order valence-corrected chi connectivity index (χ0v) is 17.1. The van der Waals surface area contributed by atoms with E-state index >= 15 is 0 Å². The third kappa shape index (κ3) is 4.48. The number of benzene rings is 2. The number of hydrogen-bond donors (Lipinski definition) is 0. The maximum atomic E-state index is 14.2. The molecule has 156 valence electrons. The van der Waals surface area contributed by atoms with Crippen molar-refractivity contribution in [3.63, 3.8) is 0 Å². The van der Waals surface area contributed by atoms with Crippen LogP contribution >= 0.6 is 11.3 Å². The molecule has 0 saturated carbocycles. The number of esters is 1. The molecule has 0 fully saturated rings. The van der Waals surface area contributed by atoms with Gasteiger partial charge in [-0.15, -0.1) is 16.4 Å². The van der Waals surface area contributed by atoms with Crippen LogP contribution in [0.4, 0.5) is 15.2 Å². The molecule has 2 aromatic heterocycles. The number of aromatic nitrogens is 4. The van der Waals surface area contributed by atoms with E-state index in [9.17, 15) is 14.0 Å². The molecule has 0 spiro atoms. The van der Waals surface area contributed by atoms with E-state index in [2.05, 4.69) is 15.2 Å². The topological polar surface area (TPSA) is 90.2 Å². The molecule has 2 aromatic carbocycles. The average molecular weight is 437 g/mol. The number of rotatable bonds is 6. The molecule has 0 saturated heterocycles.